The second kappa shape index (κ2) is 41.0. The normalized spacial score (nSPS) is 11.4. The van der Waals surface area contributed by atoms with E-state index in [1.807, 2.05) is 0 Å². The zero-order valence-corrected chi connectivity index (χ0v) is 30.6. The Bertz CT molecular complexity index is 596. The van der Waals surface area contributed by atoms with E-state index in [1.54, 1.807) is 0 Å². The van der Waals surface area contributed by atoms with Crippen molar-refractivity contribution in [3.05, 3.63) is 48.6 Å². The molecule has 41 heavy (non-hydrogen) atoms. The van der Waals surface area contributed by atoms with Crippen LogP contribution in [0.3, 0.4) is 0 Å². The average Bonchev–Trinajstić information content (AvgIpc) is 2.93. The Morgan fingerprint density at radius 1 is 0.415 bits per heavy atom. The Labute approximate surface area is 274 Å². The number of hydrogen-bond donors (Lipinski definition) is 0. The molecule has 0 saturated carbocycles. The van der Waals surface area contributed by atoms with Crippen LogP contribution in [-0.2, 0) is 9.59 Å². The third-order valence-corrected chi connectivity index (χ3v) is 6.66. The summed E-state index contributed by atoms with van der Waals surface area (Å²) < 4.78 is 0. The van der Waals surface area contributed by atoms with Gasteiger partial charge in [0.15, 0.2) is 0 Å². The fraction of sp³-hybridized carbons (Fsp3) is 0.722. The number of hydrogen-bond acceptors (Lipinski definition) is 4. The fourth-order valence-corrected chi connectivity index (χ4v) is 4.16. The molecule has 0 aliphatic heterocycles. The van der Waals surface area contributed by atoms with Gasteiger partial charge in [0.1, 0.15) is 0 Å². The summed E-state index contributed by atoms with van der Waals surface area (Å²) in [6.45, 7) is 4.46. The van der Waals surface area contributed by atoms with Gasteiger partial charge in [0.05, 0.1) is 0 Å². The van der Waals surface area contributed by atoms with Crippen LogP contribution < -0.4 is 10.2 Å². The van der Waals surface area contributed by atoms with Crippen LogP contribution in [-0.4, -0.2) is 39.2 Å². The van der Waals surface area contributed by atoms with Crippen molar-refractivity contribution in [1.82, 2.24) is 0 Å². The Kier molecular flexibility index (Phi) is 44.2. The van der Waals surface area contributed by atoms with Crippen molar-refractivity contribution in [3.8, 4) is 0 Å². The molecule has 0 N–H and O–H groups in total. The first-order valence-electron chi connectivity index (χ1n) is 16.5. The Morgan fingerprint density at radius 2 is 0.683 bits per heavy atom. The molecule has 4 nitrogen and oxygen atoms in total. The van der Waals surface area contributed by atoms with Crippen molar-refractivity contribution < 1.29 is 19.8 Å². The molecule has 0 aromatic rings. The molecule has 0 aromatic carbocycles. The van der Waals surface area contributed by atoms with Crippen LogP contribution in [0, 0.1) is 0 Å². The number of aliphatic carboxylic acids is 2. The molecule has 0 atom stereocenters. The van der Waals surface area contributed by atoms with E-state index in [1.165, 1.54) is 77.0 Å². The van der Waals surface area contributed by atoms with Crippen LogP contribution in [0.2, 0.25) is 0 Å². The molecule has 234 valence electrons. The third kappa shape index (κ3) is 48.9. The summed E-state index contributed by atoms with van der Waals surface area (Å²) in [6, 6.07) is 0. The van der Waals surface area contributed by atoms with E-state index >= 15 is 0 Å². The van der Waals surface area contributed by atoms with E-state index in [9.17, 15) is 19.8 Å². The second-order valence-electron chi connectivity index (χ2n) is 10.7. The van der Waals surface area contributed by atoms with Gasteiger partial charge in [-0.25, -0.2) is 0 Å². The van der Waals surface area contributed by atoms with Crippen LogP contribution in [0.4, 0.5) is 0 Å². The van der Waals surface area contributed by atoms with Gasteiger partial charge < -0.3 is 19.8 Å². The fourth-order valence-electron chi connectivity index (χ4n) is 4.16. The van der Waals surface area contributed by atoms with Gasteiger partial charge in [-0.1, -0.05) is 127 Å². The Hall–Kier alpha value is -1.18. The molecule has 0 unspecified atom stereocenters. The number of carbonyl (C=O) groups is 2. The minimum Gasteiger partial charge on any atom is -0.550 e. The molecule has 0 spiro atoms. The maximum absolute atomic E-state index is 10.2. The molecule has 0 aliphatic carbocycles. The zero-order valence-electron chi connectivity index (χ0n) is 26.7. The number of carbonyl (C=O) groups excluding carboxylic acids is 2. The molecule has 0 aromatic heterocycles. The quantitative estimate of drug-likeness (QED) is 0.0454. The molecule has 0 rings (SSSR count). The van der Waals surface area contributed by atoms with Crippen molar-refractivity contribution in [2.24, 2.45) is 0 Å². The van der Waals surface area contributed by atoms with Gasteiger partial charge in [-0.05, 0) is 89.9 Å². The van der Waals surface area contributed by atoms with E-state index in [2.05, 4.69) is 62.5 Å². The van der Waals surface area contributed by atoms with Gasteiger partial charge in [0, 0.05) is 11.9 Å². The van der Waals surface area contributed by atoms with Crippen LogP contribution in [0.1, 0.15) is 168 Å². The number of allylic oxidation sites excluding steroid dienone is 8. The van der Waals surface area contributed by atoms with E-state index in [0.29, 0.717) is 0 Å². The predicted molar refractivity (Wildman–Crippen MR) is 174 cm³/mol. The standard InChI is InChI=1S/2C18H32O2.Pb/c2*1-2-3-4-5-6-7-8-9-10-11-12-13-14-15-16-17-18(19)20;/h2*6-7,9-10H,2-5,8,11-17H2,1H3,(H,19,20);/q;;+2/p-2/b2*7-6+,10-9+;. The van der Waals surface area contributed by atoms with Gasteiger partial charge in [-0.3, -0.25) is 0 Å². The van der Waals surface area contributed by atoms with Crippen molar-refractivity contribution in [1.29, 1.82) is 0 Å². The largest absolute Gasteiger partial charge is 2.00 e. The summed E-state index contributed by atoms with van der Waals surface area (Å²) in [6.07, 6.45) is 43.9. The summed E-state index contributed by atoms with van der Waals surface area (Å²) in [5, 5.41) is 20.4. The van der Waals surface area contributed by atoms with Crippen LogP contribution in [0.5, 0.6) is 0 Å². The maximum Gasteiger partial charge on any atom is 2.00 e. The molecule has 0 amide bonds. The number of rotatable bonds is 28. The Balaban J connectivity index is -0.000000688. The molecular weight excluding hydrogens is 704 g/mol. The third-order valence-electron chi connectivity index (χ3n) is 6.66. The molecular formula is C36H62O4Pb. The first kappa shape index (κ1) is 44.3. The van der Waals surface area contributed by atoms with Crippen LogP contribution >= 0.6 is 0 Å². The van der Waals surface area contributed by atoms with E-state index in [0.717, 1.165) is 64.2 Å². The molecule has 5 heteroatoms. The summed E-state index contributed by atoms with van der Waals surface area (Å²) in [5.74, 6) is -1.84. The molecule has 0 saturated heterocycles. The van der Waals surface area contributed by atoms with E-state index in [4.69, 9.17) is 0 Å². The number of carboxylic acid groups (broad SMARTS) is 2. The summed E-state index contributed by atoms with van der Waals surface area (Å²) >= 11 is 0. The van der Waals surface area contributed by atoms with E-state index < -0.39 is 11.9 Å². The molecule has 0 fully saturated rings. The van der Waals surface area contributed by atoms with Crippen molar-refractivity contribution in [2.45, 2.75) is 168 Å². The monoisotopic (exact) mass is 766 g/mol. The van der Waals surface area contributed by atoms with Crippen LogP contribution in [0.15, 0.2) is 48.6 Å². The van der Waals surface area contributed by atoms with Gasteiger partial charge in [0.2, 0.25) is 0 Å². The topological polar surface area (TPSA) is 80.3 Å². The molecule has 2 radical (unpaired) electrons. The van der Waals surface area contributed by atoms with Gasteiger partial charge in [-0.15, -0.1) is 0 Å². The van der Waals surface area contributed by atoms with Crippen molar-refractivity contribution >= 4 is 39.2 Å². The first-order chi connectivity index (χ1) is 19.5. The molecule has 0 aliphatic rings. The van der Waals surface area contributed by atoms with Crippen molar-refractivity contribution in [3.63, 3.8) is 0 Å². The zero-order chi connectivity index (χ0) is 29.8. The summed E-state index contributed by atoms with van der Waals surface area (Å²) in [7, 11) is 0. The van der Waals surface area contributed by atoms with Gasteiger partial charge in [-0.2, -0.15) is 0 Å². The summed E-state index contributed by atoms with van der Waals surface area (Å²) in [5.41, 5.74) is 0. The van der Waals surface area contributed by atoms with E-state index in [-0.39, 0.29) is 40.1 Å². The average molecular weight is 766 g/mol. The minimum atomic E-state index is -0.921. The maximum atomic E-state index is 10.2. The molecule has 0 bridgehead atoms. The van der Waals surface area contributed by atoms with Crippen LogP contribution in [0.25, 0.3) is 0 Å². The van der Waals surface area contributed by atoms with Gasteiger partial charge in [0.25, 0.3) is 0 Å². The predicted octanol–water partition coefficient (Wildman–Crippen LogP) is 8.72. The Morgan fingerprint density at radius 3 is 0.976 bits per heavy atom. The summed E-state index contributed by atoms with van der Waals surface area (Å²) in [4.78, 5) is 20.4. The molecule has 0 heterocycles. The smallest absolute Gasteiger partial charge is 0.550 e. The SMILES string of the molecule is CCCCC/C=C/C/C=C/CCCCCCCC(=O)[O-].CCCCC/C=C/C/C=C/CCCCCCCC(=O)[O-].[Pb+2]. The van der Waals surface area contributed by atoms with Gasteiger partial charge >= 0.3 is 27.3 Å². The first-order valence-corrected chi connectivity index (χ1v) is 16.5. The second-order valence-corrected chi connectivity index (χ2v) is 10.7. The number of carboxylic acids is 2. The van der Waals surface area contributed by atoms with Crippen molar-refractivity contribution in [2.75, 3.05) is 0 Å². The number of unbranched alkanes of at least 4 members (excludes halogenated alkanes) is 16. The minimum absolute atomic E-state index is 0.